The van der Waals surface area contributed by atoms with E-state index in [2.05, 4.69) is 15.3 Å². The van der Waals surface area contributed by atoms with Crippen molar-refractivity contribution in [1.29, 1.82) is 0 Å². The molecule has 1 saturated carbocycles. The first-order valence-corrected chi connectivity index (χ1v) is 7.27. The molecule has 0 unspecified atom stereocenters. The molecule has 7 nitrogen and oxygen atoms in total. The second-order valence-corrected chi connectivity index (χ2v) is 5.26. The fourth-order valence-corrected chi connectivity index (χ4v) is 2.63. The molecule has 1 amide bonds. The van der Waals surface area contributed by atoms with Gasteiger partial charge in [0.2, 0.25) is 0 Å². The fourth-order valence-electron chi connectivity index (χ4n) is 2.63. The Morgan fingerprint density at radius 3 is 2.86 bits per heavy atom. The minimum atomic E-state index is -0.439. The van der Waals surface area contributed by atoms with Gasteiger partial charge in [-0.15, -0.1) is 0 Å². The second-order valence-electron chi connectivity index (χ2n) is 5.26. The first-order chi connectivity index (χ1) is 10.7. The van der Waals surface area contributed by atoms with E-state index >= 15 is 0 Å². The van der Waals surface area contributed by atoms with Crippen molar-refractivity contribution in [2.45, 2.75) is 44.1 Å². The van der Waals surface area contributed by atoms with Gasteiger partial charge in [-0.1, -0.05) is 35.4 Å². The molecule has 0 aliphatic heterocycles. The molecule has 1 aromatic carbocycles. The molecule has 3 atom stereocenters. The van der Waals surface area contributed by atoms with E-state index in [0.29, 0.717) is 12.8 Å². The molecule has 118 valence electrons. The summed E-state index contributed by atoms with van der Waals surface area (Å²) in [4.78, 5) is 14.7. The van der Waals surface area contributed by atoms with E-state index in [1.54, 1.807) is 7.11 Å². The lowest BCUT2D eigenvalue weighted by molar-refractivity contribution is 0.0415. The van der Waals surface area contributed by atoms with Crippen LogP contribution < -0.4 is 5.32 Å². The molecule has 22 heavy (non-hydrogen) atoms. The van der Waals surface area contributed by atoms with Gasteiger partial charge in [0.1, 0.15) is 6.61 Å². The van der Waals surface area contributed by atoms with Crippen LogP contribution in [0.25, 0.3) is 10.4 Å². The lowest BCUT2D eigenvalue weighted by Gasteiger charge is -2.32. The summed E-state index contributed by atoms with van der Waals surface area (Å²) in [7, 11) is 1.58. The number of nitrogens with one attached hydrogen (secondary N) is 1. The molecule has 1 aliphatic carbocycles. The van der Waals surface area contributed by atoms with Crippen molar-refractivity contribution in [3.05, 3.63) is 46.3 Å². The van der Waals surface area contributed by atoms with Gasteiger partial charge >= 0.3 is 6.09 Å². The molecule has 0 bridgehead atoms. The summed E-state index contributed by atoms with van der Waals surface area (Å²) < 4.78 is 10.5. The third kappa shape index (κ3) is 4.65. The van der Waals surface area contributed by atoms with Gasteiger partial charge in [-0.3, -0.25) is 0 Å². The molecule has 2 rings (SSSR count). The Labute approximate surface area is 129 Å². The highest BCUT2D eigenvalue weighted by molar-refractivity contribution is 5.67. The summed E-state index contributed by atoms with van der Waals surface area (Å²) >= 11 is 0. The quantitative estimate of drug-likeness (QED) is 0.514. The minimum Gasteiger partial charge on any atom is -0.445 e. The topological polar surface area (TPSA) is 96.3 Å². The maximum atomic E-state index is 11.8. The molecular weight excluding hydrogens is 284 g/mol. The highest BCUT2D eigenvalue weighted by atomic mass is 16.5. The highest BCUT2D eigenvalue weighted by Crippen LogP contribution is 2.24. The van der Waals surface area contributed by atoms with Gasteiger partial charge in [-0.25, -0.2) is 4.79 Å². The van der Waals surface area contributed by atoms with Crippen LogP contribution in [0.1, 0.15) is 24.8 Å². The number of rotatable bonds is 5. The molecule has 1 N–H and O–H groups in total. The summed E-state index contributed by atoms with van der Waals surface area (Å²) in [5, 5.41) is 6.58. The van der Waals surface area contributed by atoms with Crippen molar-refractivity contribution in [3.63, 3.8) is 0 Å². The molecular formula is C15H20N4O3. The molecule has 0 aromatic heterocycles. The molecule has 1 aliphatic rings. The van der Waals surface area contributed by atoms with Crippen LogP contribution in [0.4, 0.5) is 4.79 Å². The zero-order valence-electron chi connectivity index (χ0n) is 12.5. The normalized spacial score (nSPS) is 24.1. The first-order valence-electron chi connectivity index (χ1n) is 7.27. The highest BCUT2D eigenvalue weighted by Gasteiger charge is 2.30. The second kappa shape index (κ2) is 8.26. The minimum absolute atomic E-state index is 0.0293. The number of benzene rings is 1. The first kappa shape index (κ1) is 16.1. The number of ether oxygens (including phenoxy) is 2. The Morgan fingerprint density at radius 1 is 1.41 bits per heavy atom. The molecule has 0 heterocycles. The van der Waals surface area contributed by atoms with E-state index in [0.717, 1.165) is 12.0 Å². The Morgan fingerprint density at radius 2 is 2.18 bits per heavy atom. The smallest absolute Gasteiger partial charge is 0.407 e. The van der Waals surface area contributed by atoms with E-state index in [4.69, 9.17) is 15.0 Å². The third-order valence-electron chi connectivity index (χ3n) is 3.79. The van der Waals surface area contributed by atoms with Crippen LogP contribution in [-0.2, 0) is 16.1 Å². The Kier molecular flexibility index (Phi) is 6.06. The van der Waals surface area contributed by atoms with Crippen molar-refractivity contribution in [2.24, 2.45) is 5.11 Å². The maximum absolute atomic E-state index is 11.8. The largest absolute Gasteiger partial charge is 0.445 e. The van der Waals surface area contributed by atoms with Crippen LogP contribution in [0.15, 0.2) is 35.4 Å². The van der Waals surface area contributed by atoms with Crippen LogP contribution in [0, 0.1) is 0 Å². The molecule has 0 radical (unpaired) electrons. The maximum Gasteiger partial charge on any atom is 0.407 e. The van der Waals surface area contributed by atoms with Crippen LogP contribution in [0.5, 0.6) is 0 Å². The number of carbonyl (C=O) groups excluding carboxylic acids is 1. The predicted octanol–water partition coefficient (Wildman–Crippen LogP) is 3.16. The Bertz CT molecular complexity index is 531. The van der Waals surface area contributed by atoms with Crippen molar-refractivity contribution >= 4 is 6.09 Å². The summed E-state index contributed by atoms with van der Waals surface area (Å²) in [5.74, 6) is 0. The SMILES string of the molecule is CO[C@H]1C[C@@H](NC(=O)OCc2ccccc2)CC[C@@H]1N=[N+]=[N-]. The van der Waals surface area contributed by atoms with Crippen LogP contribution in [-0.4, -0.2) is 31.4 Å². The molecule has 1 fully saturated rings. The van der Waals surface area contributed by atoms with Gasteiger partial charge in [0.15, 0.2) is 0 Å². The van der Waals surface area contributed by atoms with E-state index in [1.807, 2.05) is 30.3 Å². The number of methoxy groups -OCH3 is 1. The number of hydrogen-bond acceptors (Lipinski definition) is 4. The fraction of sp³-hybridized carbons (Fsp3) is 0.533. The third-order valence-corrected chi connectivity index (χ3v) is 3.79. The predicted molar refractivity (Wildman–Crippen MR) is 81.1 cm³/mol. The van der Waals surface area contributed by atoms with Crippen molar-refractivity contribution in [3.8, 4) is 0 Å². The Balaban J connectivity index is 1.78. The van der Waals surface area contributed by atoms with Gasteiger partial charge in [-0.2, -0.15) is 0 Å². The number of alkyl carbamates (subject to hydrolysis) is 1. The van der Waals surface area contributed by atoms with Gasteiger partial charge in [0.05, 0.1) is 12.1 Å². The van der Waals surface area contributed by atoms with Gasteiger partial charge in [0.25, 0.3) is 0 Å². The van der Waals surface area contributed by atoms with E-state index in [9.17, 15) is 4.79 Å². The van der Waals surface area contributed by atoms with Crippen molar-refractivity contribution in [1.82, 2.24) is 5.32 Å². The molecule has 7 heteroatoms. The van der Waals surface area contributed by atoms with E-state index < -0.39 is 6.09 Å². The van der Waals surface area contributed by atoms with Gasteiger partial charge < -0.3 is 14.8 Å². The zero-order chi connectivity index (χ0) is 15.8. The summed E-state index contributed by atoms with van der Waals surface area (Å²) in [5.41, 5.74) is 9.48. The van der Waals surface area contributed by atoms with Crippen molar-refractivity contribution < 1.29 is 14.3 Å². The lowest BCUT2D eigenvalue weighted by atomic mass is 9.89. The average Bonchev–Trinajstić information content (AvgIpc) is 2.55. The van der Waals surface area contributed by atoms with Crippen LogP contribution in [0.2, 0.25) is 0 Å². The lowest BCUT2D eigenvalue weighted by Crippen LogP contribution is -2.45. The number of hydrogen-bond donors (Lipinski definition) is 1. The van der Waals surface area contributed by atoms with E-state index in [1.165, 1.54) is 0 Å². The summed E-state index contributed by atoms with van der Waals surface area (Å²) in [6.45, 7) is 0.244. The number of nitrogens with zero attached hydrogens (tertiary/aromatic N) is 3. The van der Waals surface area contributed by atoms with Gasteiger partial charge in [0, 0.05) is 18.1 Å². The summed E-state index contributed by atoms with van der Waals surface area (Å²) in [6, 6.07) is 9.31. The Hall–Kier alpha value is -2.24. The monoisotopic (exact) mass is 304 g/mol. The number of azide groups is 1. The van der Waals surface area contributed by atoms with Crippen molar-refractivity contribution in [2.75, 3.05) is 7.11 Å². The summed E-state index contributed by atoms with van der Waals surface area (Å²) in [6.07, 6.45) is 1.42. The number of carbonyl (C=O) groups is 1. The zero-order valence-corrected chi connectivity index (χ0v) is 12.5. The molecule has 1 aromatic rings. The molecule has 0 spiro atoms. The number of amides is 1. The standard InChI is InChI=1S/C15H20N4O3/c1-21-14-9-12(7-8-13(14)18-19-16)17-15(20)22-10-11-5-3-2-4-6-11/h2-6,12-14H,7-10H2,1H3,(H,17,20)/t12-,13-,14-/m0/s1. The van der Waals surface area contributed by atoms with E-state index in [-0.39, 0.29) is 24.8 Å². The van der Waals surface area contributed by atoms with Crippen LogP contribution in [0.3, 0.4) is 0 Å². The molecule has 0 saturated heterocycles. The van der Waals surface area contributed by atoms with Crippen LogP contribution >= 0.6 is 0 Å². The average molecular weight is 304 g/mol. The van der Waals surface area contributed by atoms with Gasteiger partial charge in [-0.05, 0) is 30.4 Å².